The maximum atomic E-state index is 14.9. The smallest absolute Gasteiger partial charge is 0.439 e. The fourth-order valence-corrected chi connectivity index (χ4v) is 5.87. The number of amidine groups is 1. The predicted molar refractivity (Wildman–Crippen MR) is 179 cm³/mol. The number of nitrogens with one attached hydrogen (secondary N) is 1. The molecule has 2 aliphatic heterocycles. The minimum atomic E-state index is -2.43. The zero-order valence-electron chi connectivity index (χ0n) is 27.0. The first-order chi connectivity index (χ1) is 23.7. The van der Waals surface area contributed by atoms with Gasteiger partial charge < -0.3 is 18.9 Å². The van der Waals surface area contributed by atoms with Crippen molar-refractivity contribution < 1.29 is 42.9 Å². The summed E-state index contributed by atoms with van der Waals surface area (Å²) in [4.78, 5) is 72.9. The maximum Gasteiger partial charge on any atom is 0.439 e. The Bertz CT molecular complexity index is 1820. The molecular formula is C32H33N7O9S. The lowest BCUT2D eigenvalue weighted by molar-refractivity contribution is -0.127. The molecule has 1 N–H and O–H groups in total. The van der Waals surface area contributed by atoms with Gasteiger partial charge in [0, 0.05) is 5.56 Å². The number of hydrogen-bond donors (Lipinski definition) is 1. The van der Waals surface area contributed by atoms with E-state index in [9.17, 15) is 24.0 Å². The maximum absolute atomic E-state index is 14.9. The lowest BCUT2D eigenvalue weighted by Crippen LogP contribution is -2.64. The van der Waals surface area contributed by atoms with Gasteiger partial charge in [0.05, 0.1) is 44.1 Å². The second-order valence-corrected chi connectivity index (χ2v) is 10.8. The summed E-state index contributed by atoms with van der Waals surface area (Å²) in [5.74, 6) is -0.861. The SMILES string of the molecule is CCOC(=O)NN(SC1=NC2(C(=O)N(c3ccccc3)N=C2c2cccc3ccccc23)N(C(=O)OCC)N1C(=O)OCC)C(=O)OCC. The van der Waals surface area contributed by atoms with E-state index < -0.39 is 41.1 Å². The first-order valence-corrected chi connectivity index (χ1v) is 16.1. The number of hydrazine groups is 2. The number of rotatable bonds is 6. The van der Waals surface area contributed by atoms with Crippen molar-refractivity contribution in [2.24, 2.45) is 10.1 Å². The van der Waals surface area contributed by atoms with Gasteiger partial charge in [0.25, 0.3) is 5.66 Å². The van der Waals surface area contributed by atoms with Crippen LogP contribution in [0, 0.1) is 0 Å². The normalized spacial score (nSPS) is 16.7. The summed E-state index contributed by atoms with van der Waals surface area (Å²) in [5.41, 5.74) is 0.496. The Balaban J connectivity index is 1.79. The number of benzene rings is 3. The molecule has 2 heterocycles. The highest BCUT2D eigenvalue weighted by atomic mass is 32.2. The van der Waals surface area contributed by atoms with Crippen LogP contribution < -0.4 is 10.4 Å². The van der Waals surface area contributed by atoms with Gasteiger partial charge in [-0.2, -0.15) is 20.1 Å². The van der Waals surface area contributed by atoms with Gasteiger partial charge >= 0.3 is 30.3 Å². The Morgan fingerprint density at radius 3 is 2.12 bits per heavy atom. The molecule has 0 radical (unpaired) electrons. The van der Waals surface area contributed by atoms with Gasteiger partial charge in [-0.3, -0.25) is 4.79 Å². The summed E-state index contributed by atoms with van der Waals surface area (Å²) in [6, 6.07) is 21.1. The van der Waals surface area contributed by atoms with Crippen LogP contribution in [-0.4, -0.2) is 87.7 Å². The zero-order valence-corrected chi connectivity index (χ0v) is 27.8. The van der Waals surface area contributed by atoms with Crippen molar-refractivity contribution in [3.05, 3.63) is 78.4 Å². The number of hydrogen-bond acceptors (Lipinski definition) is 12. The molecule has 3 aromatic carbocycles. The van der Waals surface area contributed by atoms with Crippen LogP contribution in [-0.2, 0) is 23.7 Å². The molecule has 2 aliphatic rings. The quantitative estimate of drug-likeness (QED) is 0.204. The van der Waals surface area contributed by atoms with E-state index in [0.29, 0.717) is 43.0 Å². The molecule has 0 saturated heterocycles. The average molecular weight is 692 g/mol. The molecule has 1 atom stereocenters. The Labute approximate surface area is 285 Å². The molecule has 256 valence electrons. The van der Waals surface area contributed by atoms with Crippen LogP contribution in [0.25, 0.3) is 10.8 Å². The molecule has 17 heteroatoms. The van der Waals surface area contributed by atoms with Crippen LogP contribution in [0.3, 0.4) is 0 Å². The van der Waals surface area contributed by atoms with Gasteiger partial charge in [-0.05, 0) is 50.6 Å². The second-order valence-electron chi connectivity index (χ2n) is 9.93. The van der Waals surface area contributed by atoms with Crippen LogP contribution >= 0.6 is 11.9 Å². The number of amides is 5. The summed E-state index contributed by atoms with van der Waals surface area (Å²) < 4.78 is 21.4. The summed E-state index contributed by atoms with van der Waals surface area (Å²) >= 11 is 0.364. The Morgan fingerprint density at radius 1 is 0.796 bits per heavy atom. The third kappa shape index (κ3) is 6.52. The Hall–Kier alpha value is -5.84. The van der Waals surface area contributed by atoms with Crippen LogP contribution in [0.2, 0.25) is 0 Å². The van der Waals surface area contributed by atoms with Crippen molar-refractivity contribution in [3.63, 3.8) is 0 Å². The number of ether oxygens (including phenoxy) is 4. The standard InChI is InChI=1S/C32H33N7O9S/c1-5-45-28(41)35-39(31(44)48-8-4)49-27-33-32(38(30(43)47-7-3)37(27)29(42)46-6-2)25(24-20-14-16-21-15-12-13-19-23(21)24)34-36(26(32)40)22-17-10-9-11-18-22/h9-20H,5-8H2,1-4H3,(H,35,41). The van der Waals surface area contributed by atoms with Crippen molar-refractivity contribution in [1.82, 2.24) is 19.9 Å². The van der Waals surface area contributed by atoms with Crippen molar-refractivity contribution in [1.29, 1.82) is 0 Å². The van der Waals surface area contributed by atoms with Crippen LogP contribution in [0.1, 0.15) is 33.3 Å². The van der Waals surface area contributed by atoms with Crippen LogP contribution in [0.5, 0.6) is 0 Å². The third-order valence-corrected chi connectivity index (χ3v) is 7.82. The molecule has 0 aliphatic carbocycles. The molecule has 1 spiro atoms. The summed E-state index contributed by atoms with van der Waals surface area (Å²) in [7, 11) is 0. The van der Waals surface area contributed by atoms with Gasteiger partial charge in [0.15, 0.2) is 0 Å². The van der Waals surface area contributed by atoms with E-state index in [4.69, 9.17) is 29.0 Å². The number of carbonyl (C=O) groups is 5. The van der Waals surface area contributed by atoms with Crippen molar-refractivity contribution >= 4 is 69.6 Å². The average Bonchev–Trinajstić information content (AvgIpc) is 3.59. The number of aliphatic imine (C=N–C) groups is 1. The molecule has 5 amide bonds. The summed E-state index contributed by atoms with van der Waals surface area (Å²) in [6.07, 6.45) is -4.43. The Morgan fingerprint density at radius 2 is 1.43 bits per heavy atom. The fraction of sp³-hybridized carbons (Fsp3) is 0.281. The highest BCUT2D eigenvalue weighted by Crippen LogP contribution is 2.43. The van der Waals surface area contributed by atoms with E-state index in [1.165, 1.54) is 6.92 Å². The molecule has 0 aromatic heterocycles. The Kier molecular flexibility index (Phi) is 10.5. The molecule has 0 saturated carbocycles. The summed E-state index contributed by atoms with van der Waals surface area (Å²) in [5, 5.41) is 8.18. The van der Waals surface area contributed by atoms with E-state index in [1.807, 2.05) is 24.3 Å². The van der Waals surface area contributed by atoms with Crippen molar-refractivity contribution in [2.75, 3.05) is 31.4 Å². The highest BCUT2D eigenvalue weighted by molar-refractivity contribution is 8.12. The number of carbonyl (C=O) groups excluding carboxylic acids is 5. The molecule has 16 nitrogen and oxygen atoms in total. The summed E-state index contributed by atoms with van der Waals surface area (Å²) in [6.45, 7) is 5.77. The molecule has 0 fully saturated rings. The molecule has 1 unspecified atom stereocenters. The van der Waals surface area contributed by atoms with E-state index in [1.54, 1.807) is 69.3 Å². The lowest BCUT2D eigenvalue weighted by Gasteiger charge is -2.35. The number of para-hydroxylation sites is 1. The monoisotopic (exact) mass is 691 g/mol. The van der Waals surface area contributed by atoms with E-state index in [-0.39, 0.29) is 32.1 Å². The van der Waals surface area contributed by atoms with Crippen molar-refractivity contribution in [3.8, 4) is 0 Å². The van der Waals surface area contributed by atoms with Gasteiger partial charge in [-0.15, -0.1) is 4.41 Å². The van der Waals surface area contributed by atoms with Crippen LogP contribution in [0.4, 0.5) is 24.9 Å². The first kappa shape index (κ1) is 34.5. The predicted octanol–water partition coefficient (Wildman–Crippen LogP) is 5.26. The van der Waals surface area contributed by atoms with E-state index in [2.05, 4.69) is 5.43 Å². The fourth-order valence-electron chi connectivity index (χ4n) is 5.05. The van der Waals surface area contributed by atoms with Crippen LogP contribution in [0.15, 0.2) is 82.9 Å². The highest BCUT2D eigenvalue weighted by Gasteiger charge is 2.67. The molecule has 3 aromatic rings. The molecule has 49 heavy (non-hydrogen) atoms. The second kappa shape index (κ2) is 14.9. The topological polar surface area (TPSA) is 172 Å². The van der Waals surface area contributed by atoms with E-state index >= 15 is 0 Å². The van der Waals surface area contributed by atoms with Gasteiger partial charge in [0.1, 0.15) is 5.71 Å². The van der Waals surface area contributed by atoms with E-state index in [0.717, 1.165) is 10.4 Å². The number of fused-ring (bicyclic) bond motifs is 1. The molecule has 5 rings (SSSR count). The molecular weight excluding hydrogens is 658 g/mol. The molecule has 0 bridgehead atoms. The third-order valence-electron chi connectivity index (χ3n) is 6.97. The van der Waals surface area contributed by atoms with Crippen molar-refractivity contribution in [2.45, 2.75) is 33.4 Å². The zero-order chi connectivity index (χ0) is 35.1. The van der Waals surface area contributed by atoms with Gasteiger partial charge in [-0.25, -0.2) is 29.6 Å². The van der Waals surface area contributed by atoms with Gasteiger partial charge in [-0.1, -0.05) is 60.7 Å². The van der Waals surface area contributed by atoms with Gasteiger partial charge in [0.2, 0.25) is 5.17 Å². The largest absolute Gasteiger partial charge is 0.449 e. The number of anilines is 1. The number of nitrogens with zero attached hydrogens (tertiary/aromatic N) is 6. The first-order valence-electron chi connectivity index (χ1n) is 15.3. The minimum absolute atomic E-state index is 0.0303. The lowest BCUT2D eigenvalue weighted by atomic mass is 9.92. The number of hydrazone groups is 1. The minimum Gasteiger partial charge on any atom is -0.449 e.